The van der Waals surface area contributed by atoms with Gasteiger partial charge in [0.25, 0.3) is 0 Å². The van der Waals surface area contributed by atoms with E-state index in [1.54, 1.807) is 19.4 Å². The third-order valence-electron chi connectivity index (χ3n) is 4.35. The van der Waals surface area contributed by atoms with Gasteiger partial charge in [0.1, 0.15) is 11.6 Å². The lowest BCUT2D eigenvalue weighted by Crippen LogP contribution is -2.15. The summed E-state index contributed by atoms with van der Waals surface area (Å²) in [6, 6.07) is 17.3. The van der Waals surface area contributed by atoms with E-state index in [9.17, 15) is 4.79 Å². The van der Waals surface area contributed by atoms with E-state index < -0.39 is 0 Å². The summed E-state index contributed by atoms with van der Waals surface area (Å²) in [7, 11) is 1.62. The molecule has 5 nitrogen and oxygen atoms in total. The summed E-state index contributed by atoms with van der Waals surface area (Å²) in [4.78, 5) is 16.5. The minimum Gasteiger partial charge on any atom is -0.497 e. The monoisotopic (exact) mass is 361 g/mol. The van der Waals surface area contributed by atoms with E-state index >= 15 is 0 Å². The van der Waals surface area contributed by atoms with E-state index in [-0.39, 0.29) is 12.3 Å². The second kappa shape index (κ2) is 8.36. The van der Waals surface area contributed by atoms with Crippen molar-refractivity contribution in [2.75, 3.05) is 17.7 Å². The number of aromatic nitrogens is 1. The number of aryl methyl sites for hydroxylation is 2. The number of methoxy groups -OCH3 is 1. The number of anilines is 3. The molecule has 0 spiro atoms. The van der Waals surface area contributed by atoms with Crippen LogP contribution in [0.3, 0.4) is 0 Å². The van der Waals surface area contributed by atoms with Crippen LogP contribution in [-0.4, -0.2) is 18.0 Å². The van der Waals surface area contributed by atoms with E-state index in [0.29, 0.717) is 5.82 Å². The zero-order valence-corrected chi connectivity index (χ0v) is 15.7. The van der Waals surface area contributed by atoms with Crippen molar-refractivity contribution in [1.82, 2.24) is 4.98 Å². The molecule has 0 saturated heterocycles. The third-order valence-corrected chi connectivity index (χ3v) is 4.35. The van der Waals surface area contributed by atoms with E-state index in [1.807, 2.05) is 36.4 Å². The molecular formula is C22H23N3O2. The molecule has 0 aliphatic heterocycles. The number of amides is 1. The second-order valence-corrected chi connectivity index (χ2v) is 6.43. The van der Waals surface area contributed by atoms with Gasteiger partial charge in [0, 0.05) is 5.69 Å². The molecule has 27 heavy (non-hydrogen) atoms. The van der Waals surface area contributed by atoms with Gasteiger partial charge in [-0.25, -0.2) is 4.98 Å². The molecule has 1 amide bonds. The van der Waals surface area contributed by atoms with E-state index in [2.05, 4.69) is 41.6 Å². The predicted molar refractivity (Wildman–Crippen MR) is 109 cm³/mol. The van der Waals surface area contributed by atoms with Gasteiger partial charge in [-0.05, 0) is 66.9 Å². The summed E-state index contributed by atoms with van der Waals surface area (Å²) in [6.07, 6.45) is 1.99. The number of hydrogen-bond donors (Lipinski definition) is 2. The Bertz CT molecular complexity index is 919. The molecule has 5 heteroatoms. The average molecular weight is 361 g/mol. The topological polar surface area (TPSA) is 63.2 Å². The highest BCUT2D eigenvalue weighted by Gasteiger charge is 2.06. The van der Waals surface area contributed by atoms with Crippen LogP contribution in [0.2, 0.25) is 0 Å². The van der Waals surface area contributed by atoms with Crippen molar-refractivity contribution >= 4 is 23.1 Å². The SMILES string of the molecule is COc1ccc(CC(=O)Nc2ccc(Nc3ccc(C)c(C)c3)cn2)cc1. The van der Waals surface area contributed by atoms with Crippen molar-refractivity contribution in [3.63, 3.8) is 0 Å². The van der Waals surface area contributed by atoms with Gasteiger partial charge in [-0.15, -0.1) is 0 Å². The van der Waals surface area contributed by atoms with Crippen LogP contribution in [0, 0.1) is 13.8 Å². The summed E-state index contributed by atoms with van der Waals surface area (Å²) >= 11 is 0. The molecule has 3 aromatic rings. The molecule has 0 aliphatic carbocycles. The summed E-state index contributed by atoms with van der Waals surface area (Å²) in [5, 5.41) is 6.13. The fraction of sp³-hybridized carbons (Fsp3) is 0.182. The molecule has 138 valence electrons. The Morgan fingerprint density at radius 3 is 2.33 bits per heavy atom. The maximum absolute atomic E-state index is 12.2. The van der Waals surface area contributed by atoms with Crippen LogP contribution in [-0.2, 0) is 11.2 Å². The number of ether oxygens (including phenoxy) is 1. The van der Waals surface area contributed by atoms with Gasteiger partial charge >= 0.3 is 0 Å². The Kier molecular flexibility index (Phi) is 5.71. The van der Waals surface area contributed by atoms with Gasteiger partial charge in [0.2, 0.25) is 5.91 Å². The van der Waals surface area contributed by atoms with Crippen LogP contribution in [0.4, 0.5) is 17.2 Å². The number of carbonyl (C=O) groups is 1. The molecule has 0 saturated carbocycles. The molecule has 1 heterocycles. The lowest BCUT2D eigenvalue weighted by molar-refractivity contribution is -0.115. The number of carbonyl (C=O) groups excluding carboxylic acids is 1. The van der Waals surface area contributed by atoms with E-state index in [1.165, 1.54) is 11.1 Å². The molecular weight excluding hydrogens is 338 g/mol. The maximum atomic E-state index is 12.2. The largest absolute Gasteiger partial charge is 0.497 e. The van der Waals surface area contributed by atoms with Crippen molar-refractivity contribution in [3.05, 3.63) is 77.5 Å². The zero-order valence-electron chi connectivity index (χ0n) is 15.7. The lowest BCUT2D eigenvalue weighted by Gasteiger charge is -2.10. The van der Waals surface area contributed by atoms with E-state index in [4.69, 9.17) is 4.74 Å². The number of nitrogens with zero attached hydrogens (tertiary/aromatic N) is 1. The third kappa shape index (κ3) is 5.07. The van der Waals surface area contributed by atoms with Crippen molar-refractivity contribution in [1.29, 1.82) is 0 Å². The van der Waals surface area contributed by atoms with Gasteiger partial charge in [-0.2, -0.15) is 0 Å². The normalized spacial score (nSPS) is 10.3. The van der Waals surface area contributed by atoms with Crippen molar-refractivity contribution < 1.29 is 9.53 Å². The van der Waals surface area contributed by atoms with Crippen molar-refractivity contribution in [3.8, 4) is 5.75 Å². The second-order valence-electron chi connectivity index (χ2n) is 6.43. The first kappa shape index (κ1) is 18.5. The van der Waals surface area contributed by atoms with Crippen molar-refractivity contribution in [2.45, 2.75) is 20.3 Å². The Balaban J connectivity index is 1.57. The number of pyridine rings is 1. The first-order chi connectivity index (χ1) is 13.0. The molecule has 0 radical (unpaired) electrons. The van der Waals surface area contributed by atoms with Gasteiger partial charge in [-0.1, -0.05) is 18.2 Å². The molecule has 0 unspecified atom stereocenters. The highest BCUT2D eigenvalue weighted by molar-refractivity contribution is 5.91. The Morgan fingerprint density at radius 2 is 1.70 bits per heavy atom. The summed E-state index contributed by atoms with van der Waals surface area (Å²) < 4.78 is 5.12. The van der Waals surface area contributed by atoms with Gasteiger partial charge < -0.3 is 15.4 Å². The highest BCUT2D eigenvalue weighted by Crippen LogP contribution is 2.20. The minimum atomic E-state index is -0.109. The Hall–Kier alpha value is -3.34. The van der Waals surface area contributed by atoms with Crippen LogP contribution in [0.5, 0.6) is 5.75 Å². The van der Waals surface area contributed by atoms with Gasteiger partial charge in [0.05, 0.1) is 25.4 Å². The molecule has 0 aliphatic rings. The summed E-state index contributed by atoms with van der Waals surface area (Å²) in [5.41, 5.74) is 5.29. The Labute approximate surface area is 159 Å². The molecule has 2 aromatic carbocycles. The van der Waals surface area contributed by atoms with Crippen molar-refractivity contribution in [2.24, 2.45) is 0 Å². The first-order valence-corrected chi connectivity index (χ1v) is 8.76. The minimum absolute atomic E-state index is 0.109. The number of benzene rings is 2. The molecule has 0 bridgehead atoms. The number of rotatable bonds is 6. The zero-order chi connectivity index (χ0) is 19.2. The quantitative estimate of drug-likeness (QED) is 0.672. The van der Waals surface area contributed by atoms with Crippen LogP contribution in [0.25, 0.3) is 0 Å². The predicted octanol–water partition coefficient (Wildman–Crippen LogP) is 4.63. The van der Waals surface area contributed by atoms with Gasteiger partial charge in [-0.3, -0.25) is 4.79 Å². The smallest absolute Gasteiger partial charge is 0.229 e. The van der Waals surface area contributed by atoms with E-state index in [0.717, 1.165) is 22.7 Å². The number of hydrogen-bond acceptors (Lipinski definition) is 4. The molecule has 0 fully saturated rings. The van der Waals surface area contributed by atoms with Gasteiger partial charge in [0.15, 0.2) is 0 Å². The van der Waals surface area contributed by atoms with Crippen LogP contribution >= 0.6 is 0 Å². The van der Waals surface area contributed by atoms with Crippen LogP contribution < -0.4 is 15.4 Å². The molecule has 2 N–H and O–H groups in total. The fourth-order valence-corrected chi connectivity index (χ4v) is 2.64. The average Bonchev–Trinajstić information content (AvgIpc) is 2.67. The fourth-order valence-electron chi connectivity index (χ4n) is 2.64. The number of nitrogens with one attached hydrogen (secondary N) is 2. The van der Waals surface area contributed by atoms with Crippen LogP contribution in [0.1, 0.15) is 16.7 Å². The maximum Gasteiger partial charge on any atom is 0.229 e. The highest BCUT2D eigenvalue weighted by atomic mass is 16.5. The Morgan fingerprint density at radius 1 is 0.963 bits per heavy atom. The lowest BCUT2D eigenvalue weighted by atomic mass is 10.1. The van der Waals surface area contributed by atoms with Crippen LogP contribution in [0.15, 0.2) is 60.8 Å². The molecule has 3 rings (SSSR count). The standard InChI is InChI=1S/C22H23N3O2/c1-15-4-7-18(12-16(15)2)24-19-8-11-21(23-14-19)25-22(26)13-17-5-9-20(27-3)10-6-17/h4-12,14,24H,13H2,1-3H3,(H,23,25,26). The molecule has 1 aromatic heterocycles. The summed E-state index contributed by atoms with van der Waals surface area (Å²) in [6.45, 7) is 4.17. The first-order valence-electron chi connectivity index (χ1n) is 8.76. The summed E-state index contributed by atoms with van der Waals surface area (Å²) in [5.74, 6) is 1.19. The molecule has 0 atom stereocenters.